The Hall–Kier alpha value is -2.63. The Morgan fingerprint density at radius 3 is 2.40 bits per heavy atom. The van der Waals surface area contributed by atoms with E-state index in [0.717, 1.165) is 12.1 Å². The Labute approximate surface area is 114 Å². The number of furan rings is 1. The first kappa shape index (κ1) is 13.8. The second kappa shape index (κ2) is 5.56. The van der Waals surface area contributed by atoms with Gasteiger partial charge in [0.2, 0.25) is 11.9 Å². The number of hydrogen-bond acceptors (Lipinski definition) is 4. The van der Waals surface area contributed by atoms with Crippen LogP contribution in [-0.2, 0) is 9.53 Å². The predicted octanol–water partition coefficient (Wildman–Crippen LogP) is 2.11. The van der Waals surface area contributed by atoms with Gasteiger partial charge in [0.1, 0.15) is 5.82 Å². The molecule has 0 fully saturated rings. The molecule has 0 aliphatic carbocycles. The third-order valence-corrected chi connectivity index (χ3v) is 2.70. The molecule has 1 aromatic carbocycles. The maximum absolute atomic E-state index is 12.9. The van der Waals surface area contributed by atoms with Gasteiger partial charge in [-0.2, -0.15) is 0 Å². The van der Waals surface area contributed by atoms with Crippen molar-refractivity contribution in [2.75, 3.05) is 0 Å². The Morgan fingerprint density at radius 1 is 1.25 bits per heavy atom. The highest BCUT2D eigenvalue weighted by molar-refractivity contribution is 5.91. The molecule has 0 spiro atoms. The minimum Gasteiger partial charge on any atom is -0.457 e. The van der Waals surface area contributed by atoms with Crippen molar-refractivity contribution >= 4 is 11.9 Å². The van der Waals surface area contributed by atoms with Gasteiger partial charge in [-0.3, -0.25) is 4.79 Å². The van der Waals surface area contributed by atoms with Crippen LogP contribution >= 0.6 is 0 Å². The molecule has 20 heavy (non-hydrogen) atoms. The molecule has 6 heteroatoms. The average Bonchev–Trinajstić information content (AvgIpc) is 2.83. The van der Waals surface area contributed by atoms with Crippen LogP contribution in [0, 0.1) is 12.7 Å². The van der Waals surface area contributed by atoms with Crippen molar-refractivity contribution in [3.8, 4) is 0 Å². The van der Waals surface area contributed by atoms with E-state index >= 15 is 0 Å². The molecule has 2 aromatic rings. The molecule has 1 amide bonds. The number of primary amides is 1. The van der Waals surface area contributed by atoms with Crippen molar-refractivity contribution in [1.82, 2.24) is 0 Å². The number of benzene rings is 1. The quantitative estimate of drug-likeness (QED) is 0.868. The summed E-state index contributed by atoms with van der Waals surface area (Å²) in [6.45, 7) is 1.66. The summed E-state index contributed by atoms with van der Waals surface area (Å²) < 4.78 is 22.9. The van der Waals surface area contributed by atoms with Crippen LogP contribution in [-0.4, -0.2) is 11.9 Å². The zero-order chi connectivity index (χ0) is 14.7. The number of carbonyl (C=O) groups is 2. The van der Waals surface area contributed by atoms with Gasteiger partial charge in [0.15, 0.2) is 0 Å². The number of aryl methyl sites for hydroxylation is 1. The van der Waals surface area contributed by atoms with E-state index in [4.69, 9.17) is 14.9 Å². The lowest BCUT2D eigenvalue weighted by Crippen LogP contribution is -2.26. The standard InChI is InChI=1S/C14H12FNO4/c1-8-6-7-19-11(8)14(18)20-12(13(16)17)9-2-4-10(15)5-3-9/h2-7,12H,1H3,(H2,16,17)/t12-/m1/s1. The lowest BCUT2D eigenvalue weighted by atomic mass is 10.1. The van der Waals surface area contributed by atoms with E-state index in [-0.39, 0.29) is 11.3 Å². The topological polar surface area (TPSA) is 82.5 Å². The van der Waals surface area contributed by atoms with Gasteiger partial charge in [0, 0.05) is 11.1 Å². The molecule has 1 aromatic heterocycles. The molecule has 2 rings (SSSR count). The van der Waals surface area contributed by atoms with E-state index in [1.165, 1.54) is 18.4 Å². The number of esters is 1. The molecule has 5 nitrogen and oxygen atoms in total. The van der Waals surface area contributed by atoms with Gasteiger partial charge in [0.25, 0.3) is 5.91 Å². The number of halogens is 1. The zero-order valence-electron chi connectivity index (χ0n) is 10.6. The first-order valence-electron chi connectivity index (χ1n) is 5.79. The number of carbonyl (C=O) groups excluding carboxylic acids is 2. The molecule has 0 aliphatic rings. The van der Waals surface area contributed by atoms with E-state index in [0.29, 0.717) is 5.56 Å². The van der Waals surface area contributed by atoms with Crippen molar-refractivity contribution in [3.05, 3.63) is 59.3 Å². The fourth-order valence-corrected chi connectivity index (χ4v) is 1.67. The fraction of sp³-hybridized carbons (Fsp3) is 0.143. The van der Waals surface area contributed by atoms with Crippen molar-refractivity contribution < 1.29 is 23.1 Å². The van der Waals surface area contributed by atoms with Crippen molar-refractivity contribution in [1.29, 1.82) is 0 Å². The van der Waals surface area contributed by atoms with E-state index in [1.54, 1.807) is 13.0 Å². The molecular weight excluding hydrogens is 265 g/mol. The predicted molar refractivity (Wildman–Crippen MR) is 67.2 cm³/mol. The molecule has 0 radical (unpaired) electrons. The first-order valence-corrected chi connectivity index (χ1v) is 5.79. The third-order valence-electron chi connectivity index (χ3n) is 2.70. The average molecular weight is 277 g/mol. The maximum atomic E-state index is 12.9. The third kappa shape index (κ3) is 2.85. The fourth-order valence-electron chi connectivity index (χ4n) is 1.67. The second-order valence-corrected chi connectivity index (χ2v) is 4.17. The Bertz CT molecular complexity index is 633. The molecule has 1 heterocycles. The monoisotopic (exact) mass is 277 g/mol. The van der Waals surface area contributed by atoms with Gasteiger partial charge < -0.3 is 14.9 Å². The highest BCUT2D eigenvalue weighted by atomic mass is 19.1. The molecule has 0 unspecified atom stereocenters. The summed E-state index contributed by atoms with van der Waals surface area (Å²) in [6, 6.07) is 6.54. The van der Waals surface area contributed by atoms with Gasteiger partial charge in [0.05, 0.1) is 6.26 Å². The number of amides is 1. The summed E-state index contributed by atoms with van der Waals surface area (Å²) in [4.78, 5) is 23.3. The van der Waals surface area contributed by atoms with Crippen LogP contribution in [0.15, 0.2) is 41.0 Å². The second-order valence-electron chi connectivity index (χ2n) is 4.17. The molecule has 0 saturated carbocycles. The van der Waals surface area contributed by atoms with E-state index in [1.807, 2.05) is 0 Å². The molecule has 1 atom stereocenters. The number of rotatable bonds is 4. The van der Waals surface area contributed by atoms with Gasteiger partial charge in [-0.25, -0.2) is 9.18 Å². The smallest absolute Gasteiger partial charge is 0.375 e. The summed E-state index contributed by atoms with van der Waals surface area (Å²) in [5.74, 6) is -2.13. The van der Waals surface area contributed by atoms with Crippen LogP contribution in [0.25, 0.3) is 0 Å². The van der Waals surface area contributed by atoms with Gasteiger partial charge in [-0.05, 0) is 25.1 Å². The summed E-state index contributed by atoms with van der Waals surface area (Å²) in [6.07, 6.45) is 0.0379. The highest BCUT2D eigenvalue weighted by Gasteiger charge is 2.25. The van der Waals surface area contributed by atoms with E-state index < -0.39 is 23.8 Å². The van der Waals surface area contributed by atoms with Crippen LogP contribution in [0.5, 0.6) is 0 Å². The molecular formula is C14H12FNO4. The molecule has 2 N–H and O–H groups in total. The van der Waals surface area contributed by atoms with Crippen LogP contribution in [0.1, 0.15) is 27.8 Å². The van der Waals surface area contributed by atoms with E-state index in [2.05, 4.69) is 0 Å². The zero-order valence-corrected chi connectivity index (χ0v) is 10.6. The lowest BCUT2D eigenvalue weighted by Gasteiger charge is -2.14. The normalized spacial score (nSPS) is 11.9. The number of ether oxygens (including phenoxy) is 1. The maximum Gasteiger partial charge on any atom is 0.375 e. The van der Waals surface area contributed by atoms with Gasteiger partial charge >= 0.3 is 5.97 Å². The van der Waals surface area contributed by atoms with Crippen LogP contribution in [0.3, 0.4) is 0 Å². The summed E-state index contributed by atoms with van der Waals surface area (Å²) >= 11 is 0. The number of nitrogens with two attached hydrogens (primary N) is 1. The first-order chi connectivity index (χ1) is 9.49. The van der Waals surface area contributed by atoms with Crippen LogP contribution in [0.2, 0.25) is 0 Å². The Balaban J connectivity index is 2.22. The largest absolute Gasteiger partial charge is 0.457 e. The van der Waals surface area contributed by atoms with E-state index in [9.17, 15) is 14.0 Å². The molecule has 0 aliphatic heterocycles. The molecule has 0 bridgehead atoms. The van der Waals surface area contributed by atoms with Crippen molar-refractivity contribution in [2.24, 2.45) is 5.73 Å². The minimum absolute atomic E-state index is 0.00152. The number of hydrogen-bond donors (Lipinski definition) is 1. The summed E-state index contributed by atoms with van der Waals surface area (Å²) in [7, 11) is 0. The lowest BCUT2D eigenvalue weighted by molar-refractivity contribution is -0.127. The molecule has 0 saturated heterocycles. The van der Waals surface area contributed by atoms with Crippen LogP contribution in [0.4, 0.5) is 4.39 Å². The summed E-state index contributed by atoms with van der Waals surface area (Å²) in [5.41, 5.74) is 6.08. The van der Waals surface area contributed by atoms with Crippen molar-refractivity contribution in [3.63, 3.8) is 0 Å². The van der Waals surface area contributed by atoms with Gasteiger partial charge in [-0.1, -0.05) is 12.1 Å². The Morgan fingerprint density at radius 2 is 1.90 bits per heavy atom. The van der Waals surface area contributed by atoms with Crippen molar-refractivity contribution in [2.45, 2.75) is 13.0 Å². The van der Waals surface area contributed by atoms with Gasteiger partial charge in [-0.15, -0.1) is 0 Å². The Kier molecular flexibility index (Phi) is 3.84. The minimum atomic E-state index is -1.30. The molecule has 104 valence electrons. The highest BCUT2D eigenvalue weighted by Crippen LogP contribution is 2.21. The van der Waals surface area contributed by atoms with Crippen LogP contribution < -0.4 is 5.73 Å². The SMILES string of the molecule is Cc1ccoc1C(=O)O[C@@H](C(N)=O)c1ccc(F)cc1. The summed E-state index contributed by atoms with van der Waals surface area (Å²) in [5, 5.41) is 0.